The van der Waals surface area contributed by atoms with Crippen molar-refractivity contribution in [2.75, 3.05) is 33.6 Å². The van der Waals surface area contributed by atoms with Crippen molar-refractivity contribution in [3.63, 3.8) is 0 Å². The van der Waals surface area contributed by atoms with Crippen LogP contribution in [0.1, 0.15) is 11.7 Å². The molecule has 0 bridgehead atoms. The molecule has 17 heavy (non-hydrogen) atoms. The zero-order valence-corrected chi connectivity index (χ0v) is 9.69. The van der Waals surface area contributed by atoms with Gasteiger partial charge in [0.05, 0.1) is 19.8 Å². The van der Waals surface area contributed by atoms with Crippen LogP contribution in [0, 0.1) is 0 Å². The minimum atomic E-state index is 0.00759. The van der Waals surface area contributed by atoms with Crippen LogP contribution in [-0.2, 0) is 4.74 Å². The van der Waals surface area contributed by atoms with Gasteiger partial charge in [-0.2, -0.15) is 0 Å². The topological polar surface area (TPSA) is 49.0 Å². The first-order valence-electron chi connectivity index (χ1n) is 5.69. The highest BCUT2D eigenvalue weighted by molar-refractivity contribution is 5.57. The SMILES string of the molecule is COc1c(C2CNCCO2)ccc2c1OCO2. The van der Waals surface area contributed by atoms with E-state index in [0.717, 1.165) is 24.4 Å². The fourth-order valence-corrected chi connectivity index (χ4v) is 2.19. The third-order valence-electron chi connectivity index (χ3n) is 3.00. The molecule has 3 rings (SSSR count). The predicted octanol–water partition coefficient (Wildman–Crippen LogP) is 1.08. The Morgan fingerprint density at radius 3 is 3.06 bits per heavy atom. The molecule has 0 radical (unpaired) electrons. The van der Waals surface area contributed by atoms with Crippen molar-refractivity contribution in [2.24, 2.45) is 0 Å². The van der Waals surface area contributed by atoms with Crippen molar-refractivity contribution < 1.29 is 18.9 Å². The van der Waals surface area contributed by atoms with Crippen LogP contribution in [0.5, 0.6) is 17.2 Å². The van der Waals surface area contributed by atoms with Crippen molar-refractivity contribution in [1.82, 2.24) is 5.32 Å². The molecule has 1 N–H and O–H groups in total. The quantitative estimate of drug-likeness (QED) is 0.834. The summed E-state index contributed by atoms with van der Waals surface area (Å²) in [7, 11) is 1.64. The number of methoxy groups -OCH3 is 1. The van der Waals surface area contributed by atoms with Gasteiger partial charge in [-0.05, 0) is 12.1 Å². The van der Waals surface area contributed by atoms with E-state index < -0.39 is 0 Å². The molecule has 5 nitrogen and oxygen atoms in total. The van der Waals surface area contributed by atoms with E-state index in [2.05, 4.69) is 5.32 Å². The third-order valence-corrected chi connectivity index (χ3v) is 3.00. The van der Waals surface area contributed by atoms with E-state index in [-0.39, 0.29) is 12.9 Å². The number of rotatable bonds is 2. The Kier molecular flexibility index (Phi) is 2.78. The molecule has 0 amide bonds. The molecular formula is C12H15NO4. The molecule has 2 heterocycles. The van der Waals surface area contributed by atoms with Crippen LogP contribution in [0.25, 0.3) is 0 Å². The molecule has 1 aromatic carbocycles. The highest BCUT2D eigenvalue weighted by Crippen LogP contribution is 2.45. The van der Waals surface area contributed by atoms with E-state index >= 15 is 0 Å². The van der Waals surface area contributed by atoms with Gasteiger partial charge in [-0.15, -0.1) is 0 Å². The molecule has 0 saturated carbocycles. The van der Waals surface area contributed by atoms with Gasteiger partial charge in [-0.25, -0.2) is 0 Å². The van der Waals surface area contributed by atoms with Crippen molar-refractivity contribution in [3.8, 4) is 17.2 Å². The number of ether oxygens (including phenoxy) is 4. The molecule has 1 fully saturated rings. The first-order chi connectivity index (χ1) is 8.40. The minimum absolute atomic E-state index is 0.00759. The average Bonchev–Trinajstić information content (AvgIpc) is 2.86. The second-order valence-electron chi connectivity index (χ2n) is 3.99. The highest BCUT2D eigenvalue weighted by atomic mass is 16.7. The lowest BCUT2D eigenvalue weighted by molar-refractivity contribution is 0.0260. The van der Waals surface area contributed by atoms with Crippen LogP contribution < -0.4 is 19.5 Å². The third kappa shape index (κ3) is 1.81. The molecule has 92 valence electrons. The van der Waals surface area contributed by atoms with Gasteiger partial charge in [-0.3, -0.25) is 0 Å². The van der Waals surface area contributed by atoms with Gasteiger partial charge in [0.1, 0.15) is 0 Å². The van der Waals surface area contributed by atoms with Crippen molar-refractivity contribution in [1.29, 1.82) is 0 Å². The first-order valence-corrected chi connectivity index (χ1v) is 5.69. The van der Waals surface area contributed by atoms with Crippen LogP contribution in [0.4, 0.5) is 0 Å². The van der Waals surface area contributed by atoms with Crippen LogP contribution in [0.2, 0.25) is 0 Å². The molecule has 1 atom stereocenters. The average molecular weight is 237 g/mol. The summed E-state index contributed by atoms with van der Waals surface area (Å²) in [6.45, 7) is 2.64. The van der Waals surface area contributed by atoms with Crippen molar-refractivity contribution in [3.05, 3.63) is 17.7 Å². The largest absolute Gasteiger partial charge is 0.492 e. The Morgan fingerprint density at radius 2 is 2.29 bits per heavy atom. The Hall–Kier alpha value is -1.46. The van der Waals surface area contributed by atoms with Gasteiger partial charge in [-0.1, -0.05) is 0 Å². The summed E-state index contributed by atoms with van der Waals surface area (Å²) in [5, 5.41) is 3.30. The molecule has 0 spiro atoms. The standard InChI is InChI=1S/C12H15NO4/c1-14-11-8(10-6-13-4-5-15-10)2-3-9-12(11)17-7-16-9/h2-3,10,13H,4-7H2,1H3. The lowest BCUT2D eigenvalue weighted by atomic mass is 10.1. The van der Waals surface area contributed by atoms with Gasteiger partial charge in [0, 0.05) is 18.7 Å². The van der Waals surface area contributed by atoms with Gasteiger partial charge >= 0.3 is 0 Å². The monoisotopic (exact) mass is 237 g/mol. The summed E-state index contributed by atoms with van der Waals surface area (Å²) >= 11 is 0. The van der Waals surface area contributed by atoms with Gasteiger partial charge in [0.25, 0.3) is 0 Å². The normalized spacial score (nSPS) is 22.5. The second kappa shape index (κ2) is 4.43. The maximum absolute atomic E-state index is 5.73. The minimum Gasteiger partial charge on any atom is -0.492 e. The molecule has 2 aliphatic heterocycles. The molecule has 0 aliphatic carbocycles. The fraction of sp³-hybridized carbons (Fsp3) is 0.500. The Labute approximate surface area is 99.6 Å². The highest BCUT2D eigenvalue weighted by Gasteiger charge is 2.27. The molecule has 2 aliphatic rings. The molecule has 1 aromatic rings. The molecular weight excluding hydrogens is 222 g/mol. The first kappa shape index (κ1) is 10.7. The van der Waals surface area contributed by atoms with E-state index in [9.17, 15) is 0 Å². The Balaban J connectivity index is 1.98. The maximum atomic E-state index is 5.73. The smallest absolute Gasteiger partial charge is 0.231 e. The van der Waals surface area contributed by atoms with E-state index in [4.69, 9.17) is 18.9 Å². The molecule has 5 heteroatoms. The summed E-state index contributed by atoms with van der Waals surface area (Å²) in [5.74, 6) is 2.13. The van der Waals surface area contributed by atoms with Crippen molar-refractivity contribution in [2.45, 2.75) is 6.10 Å². The van der Waals surface area contributed by atoms with Crippen molar-refractivity contribution >= 4 is 0 Å². The number of fused-ring (bicyclic) bond motifs is 1. The number of hydrogen-bond acceptors (Lipinski definition) is 5. The van der Waals surface area contributed by atoms with Gasteiger partial charge in [0.15, 0.2) is 11.5 Å². The number of nitrogens with one attached hydrogen (secondary N) is 1. The lowest BCUT2D eigenvalue weighted by Gasteiger charge is -2.25. The zero-order chi connectivity index (χ0) is 11.7. The second-order valence-corrected chi connectivity index (χ2v) is 3.99. The van der Waals surface area contributed by atoms with Gasteiger partial charge < -0.3 is 24.3 Å². The Bertz CT molecular complexity index is 415. The van der Waals surface area contributed by atoms with Crippen LogP contribution >= 0.6 is 0 Å². The fourth-order valence-electron chi connectivity index (χ4n) is 2.19. The zero-order valence-electron chi connectivity index (χ0n) is 9.69. The summed E-state index contributed by atoms with van der Waals surface area (Å²) in [4.78, 5) is 0. The molecule has 1 unspecified atom stereocenters. The van der Waals surface area contributed by atoms with Gasteiger partial charge in [0.2, 0.25) is 12.5 Å². The molecule has 1 saturated heterocycles. The van der Waals surface area contributed by atoms with Crippen LogP contribution in [0.15, 0.2) is 12.1 Å². The number of hydrogen-bond donors (Lipinski definition) is 1. The summed E-state index contributed by atoms with van der Waals surface area (Å²) in [6.07, 6.45) is 0.00759. The van der Waals surface area contributed by atoms with E-state index in [1.165, 1.54) is 0 Å². The maximum Gasteiger partial charge on any atom is 0.231 e. The van der Waals surface area contributed by atoms with Crippen LogP contribution in [0.3, 0.4) is 0 Å². The number of morpholine rings is 1. The van der Waals surface area contributed by atoms with Crippen LogP contribution in [-0.4, -0.2) is 33.6 Å². The van der Waals surface area contributed by atoms with E-state index in [0.29, 0.717) is 18.1 Å². The number of benzene rings is 1. The van der Waals surface area contributed by atoms with E-state index in [1.54, 1.807) is 7.11 Å². The lowest BCUT2D eigenvalue weighted by Crippen LogP contribution is -2.33. The van der Waals surface area contributed by atoms with E-state index in [1.807, 2.05) is 12.1 Å². The molecule has 0 aromatic heterocycles. The predicted molar refractivity (Wildman–Crippen MR) is 60.7 cm³/mol. The summed E-state index contributed by atoms with van der Waals surface area (Å²) < 4.78 is 21.9. The summed E-state index contributed by atoms with van der Waals surface area (Å²) in [6, 6.07) is 3.88. The summed E-state index contributed by atoms with van der Waals surface area (Å²) in [5.41, 5.74) is 1.00. The Morgan fingerprint density at radius 1 is 1.35 bits per heavy atom.